The predicted octanol–water partition coefficient (Wildman–Crippen LogP) is -0.404. The summed E-state index contributed by atoms with van der Waals surface area (Å²) in [5, 5.41) is 8.33. The van der Waals surface area contributed by atoms with Gasteiger partial charge in [0.2, 0.25) is 0 Å². The van der Waals surface area contributed by atoms with Crippen molar-refractivity contribution in [1.29, 1.82) is 0 Å². The monoisotopic (exact) mass is 163 g/mol. The molecule has 0 bridgehead atoms. The van der Waals surface area contributed by atoms with Crippen LogP contribution in [0, 0.1) is 0 Å². The maximum Gasteiger partial charge on any atom is 0.320 e. The van der Waals surface area contributed by atoms with Gasteiger partial charge in [0.15, 0.2) is 8.32 Å². The summed E-state index contributed by atoms with van der Waals surface area (Å²) in [6, 6.07) is -0.700. The number of carbonyl (C=O) groups is 1. The van der Waals surface area contributed by atoms with Crippen molar-refractivity contribution in [3.63, 3.8) is 0 Å². The minimum absolute atomic E-state index is 0.211. The summed E-state index contributed by atoms with van der Waals surface area (Å²) in [6.45, 7) is 3.32. The molecule has 0 heterocycles. The van der Waals surface area contributed by atoms with Crippen molar-refractivity contribution in [2.45, 2.75) is 25.2 Å². The lowest BCUT2D eigenvalue weighted by Gasteiger charge is -2.15. The molecular weight excluding hydrogens is 150 g/mol. The van der Waals surface area contributed by atoms with Gasteiger partial charge in [-0.05, 0) is 19.1 Å². The SMILES string of the molecule is C[Si](C)(O)CC(N)C(=O)O. The minimum Gasteiger partial charge on any atom is -0.480 e. The highest BCUT2D eigenvalue weighted by Gasteiger charge is 2.24. The van der Waals surface area contributed by atoms with Crippen LogP contribution in [0.5, 0.6) is 0 Å². The van der Waals surface area contributed by atoms with Gasteiger partial charge < -0.3 is 15.6 Å². The number of carboxylic acid groups (broad SMARTS) is 1. The van der Waals surface area contributed by atoms with Crippen LogP contribution in [0.25, 0.3) is 0 Å². The molecule has 0 fully saturated rings. The second kappa shape index (κ2) is 3.13. The number of hydrogen-bond acceptors (Lipinski definition) is 3. The third kappa shape index (κ3) is 4.48. The number of rotatable bonds is 3. The lowest BCUT2D eigenvalue weighted by molar-refractivity contribution is -0.138. The molecule has 0 saturated heterocycles. The zero-order chi connectivity index (χ0) is 8.36. The fourth-order valence-corrected chi connectivity index (χ4v) is 1.88. The largest absolute Gasteiger partial charge is 0.480 e. The predicted molar refractivity (Wildman–Crippen MR) is 40.1 cm³/mol. The van der Waals surface area contributed by atoms with Crippen LogP contribution in [0.3, 0.4) is 0 Å². The summed E-state index contributed by atoms with van der Waals surface area (Å²) in [4.78, 5) is 19.4. The van der Waals surface area contributed by atoms with Gasteiger partial charge in [0, 0.05) is 0 Å². The molecule has 1 atom stereocenters. The summed E-state index contributed by atoms with van der Waals surface area (Å²) in [7, 11) is -2.29. The summed E-state index contributed by atoms with van der Waals surface area (Å²) in [5.41, 5.74) is 5.18. The first kappa shape index (κ1) is 9.61. The molecular formula is C5H13NO3Si. The standard InChI is InChI=1S/C5H13NO3Si/c1-10(2,9)3-4(6)5(7)8/h4,9H,3,6H2,1-2H3,(H,7,8). The van der Waals surface area contributed by atoms with Crippen LogP contribution in [0.15, 0.2) is 0 Å². The van der Waals surface area contributed by atoms with Crippen molar-refractivity contribution >= 4 is 14.3 Å². The quantitative estimate of drug-likeness (QED) is 0.494. The smallest absolute Gasteiger partial charge is 0.320 e. The molecule has 0 amide bonds. The third-order valence-electron chi connectivity index (χ3n) is 1.04. The highest BCUT2D eigenvalue weighted by atomic mass is 28.4. The molecule has 0 aliphatic rings. The summed E-state index contributed by atoms with van der Waals surface area (Å²) >= 11 is 0. The molecule has 5 heteroatoms. The summed E-state index contributed by atoms with van der Waals surface area (Å²) in [6.07, 6.45) is 0. The van der Waals surface area contributed by atoms with Crippen LogP contribution in [-0.4, -0.2) is 30.2 Å². The molecule has 0 saturated carbocycles. The summed E-state index contributed by atoms with van der Waals surface area (Å²) < 4.78 is 0. The van der Waals surface area contributed by atoms with Gasteiger partial charge in [-0.15, -0.1) is 0 Å². The maximum absolute atomic E-state index is 10.2. The molecule has 0 aromatic heterocycles. The van der Waals surface area contributed by atoms with Gasteiger partial charge in [0.05, 0.1) is 0 Å². The zero-order valence-corrected chi connectivity index (χ0v) is 7.16. The van der Waals surface area contributed by atoms with Crippen LogP contribution in [-0.2, 0) is 4.79 Å². The Morgan fingerprint density at radius 2 is 2.10 bits per heavy atom. The molecule has 0 spiro atoms. The van der Waals surface area contributed by atoms with E-state index in [0.29, 0.717) is 0 Å². The molecule has 1 unspecified atom stereocenters. The van der Waals surface area contributed by atoms with E-state index in [-0.39, 0.29) is 6.04 Å². The Bertz CT molecular complexity index is 131. The second-order valence-corrected chi connectivity index (χ2v) is 6.99. The lowest BCUT2D eigenvalue weighted by atomic mass is 10.4. The van der Waals surface area contributed by atoms with E-state index in [4.69, 9.17) is 10.8 Å². The first-order valence-corrected chi connectivity index (χ1v) is 6.19. The van der Waals surface area contributed by atoms with E-state index in [0.717, 1.165) is 0 Å². The minimum atomic E-state index is -2.29. The van der Waals surface area contributed by atoms with Crippen molar-refractivity contribution < 1.29 is 14.7 Å². The van der Waals surface area contributed by atoms with Crippen LogP contribution < -0.4 is 5.73 Å². The Morgan fingerprint density at radius 3 is 2.20 bits per heavy atom. The van der Waals surface area contributed by atoms with Crippen molar-refractivity contribution in [1.82, 2.24) is 0 Å². The Hall–Kier alpha value is -0.393. The zero-order valence-electron chi connectivity index (χ0n) is 6.16. The topological polar surface area (TPSA) is 83.5 Å². The average Bonchev–Trinajstić information content (AvgIpc) is 1.60. The fraction of sp³-hybridized carbons (Fsp3) is 0.800. The van der Waals surface area contributed by atoms with Gasteiger partial charge in [0.1, 0.15) is 6.04 Å². The van der Waals surface area contributed by atoms with E-state index in [9.17, 15) is 9.59 Å². The first-order valence-electron chi connectivity index (χ1n) is 3.04. The normalized spacial score (nSPS) is 14.8. The second-order valence-electron chi connectivity index (χ2n) is 2.96. The Labute approximate surface area is 60.8 Å². The van der Waals surface area contributed by atoms with Crippen LogP contribution in [0.2, 0.25) is 19.1 Å². The lowest BCUT2D eigenvalue weighted by Crippen LogP contribution is -2.39. The number of carboxylic acids is 1. The Kier molecular flexibility index (Phi) is 3.01. The number of hydrogen-bond donors (Lipinski definition) is 3. The van der Waals surface area contributed by atoms with Crippen LogP contribution in [0.4, 0.5) is 0 Å². The van der Waals surface area contributed by atoms with Crippen molar-refractivity contribution in [2.75, 3.05) is 0 Å². The Morgan fingerprint density at radius 1 is 1.70 bits per heavy atom. The maximum atomic E-state index is 10.2. The van der Waals surface area contributed by atoms with E-state index >= 15 is 0 Å². The van der Waals surface area contributed by atoms with Gasteiger partial charge >= 0.3 is 5.97 Å². The molecule has 0 aliphatic carbocycles. The van der Waals surface area contributed by atoms with Crippen LogP contribution >= 0.6 is 0 Å². The first-order chi connectivity index (χ1) is 4.33. The van der Waals surface area contributed by atoms with E-state index in [1.807, 2.05) is 0 Å². The third-order valence-corrected chi connectivity index (χ3v) is 2.48. The molecule has 0 rings (SSSR count). The van der Waals surface area contributed by atoms with Gasteiger partial charge in [-0.25, -0.2) is 0 Å². The number of aliphatic carboxylic acids is 1. The molecule has 10 heavy (non-hydrogen) atoms. The van der Waals surface area contributed by atoms with Gasteiger partial charge in [0.25, 0.3) is 0 Å². The number of nitrogens with two attached hydrogens (primary N) is 1. The molecule has 60 valence electrons. The van der Waals surface area contributed by atoms with Crippen molar-refractivity contribution in [2.24, 2.45) is 5.73 Å². The highest BCUT2D eigenvalue weighted by molar-refractivity contribution is 6.70. The van der Waals surface area contributed by atoms with Crippen LogP contribution in [0.1, 0.15) is 0 Å². The van der Waals surface area contributed by atoms with E-state index in [1.54, 1.807) is 13.1 Å². The van der Waals surface area contributed by atoms with Gasteiger partial charge in [-0.2, -0.15) is 0 Å². The van der Waals surface area contributed by atoms with Crippen molar-refractivity contribution in [3.05, 3.63) is 0 Å². The average molecular weight is 163 g/mol. The molecule has 4 nitrogen and oxygen atoms in total. The summed E-state index contributed by atoms with van der Waals surface area (Å²) in [5.74, 6) is -1.05. The van der Waals surface area contributed by atoms with E-state index in [1.165, 1.54) is 0 Å². The molecule has 0 aromatic rings. The molecule has 0 aliphatic heterocycles. The van der Waals surface area contributed by atoms with E-state index in [2.05, 4.69) is 0 Å². The van der Waals surface area contributed by atoms with Gasteiger partial charge in [-0.1, -0.05) is 0 Å². The molecule has 0 radical (unpaired) electrons. The van der Waals surface area contributed by atoms with E-state index < -0.39 is 20.3 Å². The van der Waals surface area contributed by atoms with Gasteiger partial charge in [-0.3, -0.25) is 4.79 Å². The Balaban J connectivity index is 3.80. The van der Waals surface area contributed by atoms with Crippen molar-refractivity contribution in [3.8, 4) is 0 Å². The molecule has 4 N–H and O–H groups in total. The fourth-order valence-electron chi connectivity index (χ4n) is 0.625. The molecule has 0 aromatic carbocycles. The highest BCUT2D eigenvalue weighted by Crippen LogP contribution is 2.06.